The summed E-state index contributed by atoms with van der Waals surface area (Å²) in [4.78, 5) is 37.9. The molecule has 3 aliphatic rings. The number of hydrogen-bond donors (Lipinski definition) is 4. The molecule has 3 aromatic rings. The van der Waals surface area contributed by atoms with Crippen LogP contribution in [0.15, 0.2) is 23.1 Å². The van der Waals surface area contributed by atoms with E-state index in [0.29, 0.717) is 42.2 Å². The highest BCUT2D eigenvalue weighted by atomic mass is 35.5. The number of carbonyl (C=O) groups is 1. The Bertz CT molecular complexity index is 1410. The van der Waals surface area contributed by atoms with Gasteiger partial charge in [-0.2, -0.15) is 15.0 Å². The average Bonchev–Trinajstić information content (AvgIpc) is 3.80. The zero-order chi connectivity index (χ0) is 27.7. The Kier molecular flexibility index (Phi) is 7.85. The SMILES string of the molecule is CC(C)Nc1nc(Cl)nc(NC2CC2)n1.O=C(O)c1cn(C2CC2)c2cc(N3CCNCC3)c(F)cc2c1=O. The van der Waals surface area contributed by atoms with Crippen molar-refractivity contribution in [1.82, 2.24) is 24.8 Å². The zero-order valence-corrected chi connectivity index (χ0v) is 22.6. The summed E-state index contributed by atoms with van der Waals surface area (Å²) < 4.78 is 16.4. The van der Waals surface area contributed by atoms with Gasteiger partial charge >= 0.3 is 5.97 Å². The molecule has 0 amide bonds. The molecule has 6 rings (SSSR count). The van der Waals surface area contributed by atoms with Crippen LogP contribution in [0.2, 0.25) is 5.28 Å². The van der Waals surface area contributed by atoms with Crippen molar-refractivity contribution in [3.63, 3.8) is 0 Å². The maximum Gasteiger partial charge on any atom is 0.341 e. The number of aromatic carboxylic acids is 1. The van der Waals surface area contributed by atoms with Crippen molar-refractivity contribution in [2.45, 2.75) is 57.7 Å². The molecule has 13 heteroatoms. The maximum absolute atomic E-state index is 14.6. The lowest BCUT2D eigenvalue weighted by Gasteiger charge is -2.30. The van der Waals surface area contributed by atoms with E-state index in [4.69, 9.17) is 11.6 Å². The summed E-state index contributed by atoms with van der Waals surface area (Å²) in [5.41, 5.74) is 0.159. The summed E-state index contributed by atoms with van der Waals surface area (Å²) in [6.07, 6.45) is 5.64. The number of anilines is 3. The Balaban J connectivity index is 0.000000177. The van der Waals surface area contributed by atoms with Gasteiger partial charge in [0.1, 0.15) is 11.4 Å². The molecule has 2 saturated carbocycles. The summed E-state index contributed by atoms with van der Waals surface area (Å²) in [6.45, 7) is 7.00. The van der Waals surface area contributed by atoms with Gasteiger partial charge in [-0.15, -0.1) is 0 Å². The Morgan fingerprint density at radius 3 is 2.44 bits per heavy atom. The first-order chi connectivity index (χ1) is 18.7. The minimum absolute atomic E-state index is 0.137. The number of carboxylic acids is 1. The van der Waals surface area contributed by atoms with Crippen LogP contribution in [0.25, 0.3) is 10.9 Å². The summed E-state index contributed by atoms with van der Waals surface area (Å²) in [5, 5.41) is 19.1. The quantitative estimate of drug-likeness (QED) is 0.341. The predicted octanol–water partition coefficient (Wildman–Crippen LogP) is 3.50. The molecular formula is C26H32ClFN8O3. The number of benzene rings is 1. The molecule has 208 valence electrons. The normalized spacial score (nSPS) is 17.1. The summed E-state index contributed by atoms with van der Waals surface area (Å²) in [5.74, 6) is -0.678. The van der Waals surface area contributed by atoms with Crippen LogP contribution >= 0.6 is 11.6 Å². The minimum Gasteiger partial charge on any atom is -0.477 e. The van der Waals surface area contributed by atoms with Crippen molar-refractivity contribution in [3.05, 3.63) is 45.2 Å². The van der Waals surface area contributed by atoms with Crippen molar-refractivity contribution < 1.29 is 14.3 Å². The lowest BCUT2D eigenvalue weighted by Crippen LogP contribution is -2.43. The number of piperazine rings is 1. The van der Waals surface area contributed by atoms with E-state index in [1.807, 2.05) is 23.3 Å². The smallest absolute Gasteiger partial charge is 0.341 e. The number of rotatable bonds is 7. The molecule has 2 aliphatic carbocycles. The highest BCUT2D eigenvalue weighted by molar-refractivity contribution is 6.28. The third-order valence-corrected chi connectivity index (χ3v) is 6.83. The van der Waals surface area contributed by atoms with Gasteiger partial charge in [0.05, 0.1) is 11.2 Å². The van der Waals surface area contributed by atoms with E-state index in [1.165, 1.54) is 25.1 Å². The van der Waals surface area contributed by atoms with Crippen LogP contribution in [0.4, 0.5) is 22.0 Å². The standard InChI is InChI=1S/C17H18FN3O3.C9H14ClN5/c18-13-7-11-14(8-15(13)20-5-3-19-4-6-20)21(10-1-2-10)9-12(16(11)22)17(23)24;1-5(2)11-8-13-7(10)14-9(15-8)12-6-3-4-6/h7-10,19H,1-6H2,(H,23,24);5-6H,3-4H2,1-2H3,(H2,11,12,13,14,15). The molecule has 1 aromatic carbocycles. The number of nitrogens with zero attached hydrogens (tertiary/aromatic N) is 5. The minimum atomic E-state index is -1.28. The van der Waals surface area contributed by atoms with E-state index in [9.17, 15) is 19.1 Å². The first-order valence-electron chi connectivity index (χ1n) is 13.2. The molecular weight excluding hydrogens is 527 g/mol. The Hall–Kier alpha value is -3.51. The third kappa shape index (κ3) is 6.56. The molecule has 11 nitrogen and oxygen atoms in total. The Morgan fingerprint density at radius 2 is 1.82 bits per heavy atom. The van der Waals surface area contributed by atoms with Gasteiger partial charge in [0.15, 0.2) is 0 Å². The highest BCUT2D eigenvalue weighted by Crippen LogP contribution is 2.38. The highest BCUT2D eigenvalue weighted by Gasteiger charge is 2.28. The van der Waals surface area contributed by atoms with Crippen LogP contribution in [-0.4, -0.2) is 68.9 Å². The molecule has 1 aliphatic heterocycles. The number of hydrogen-bond acceptors (Lipinski definition) is 9. The number of halogens is 2. The first-order valence-corrected chi connectivity index (χ1v) is 13.6. The van der Waals surface area contributed by atoms with E-state index in [1.54, 1.807) is 6.07 Å². The molecule has 0 radical (unpaired) electrons. The van der Waals surface area contributed by atoms with Gasteiger partial charge in [0, 0.05) is 55.9 Å². The largest absolute Gasteiger partial charge is 0.477 e. The van der Waals surface area contributed by atoms with Gasteiger partial charge in [-0.25, -0.2) is 9.18 Å². The van der Waals surface area contributed by atoms with Crippen molar-refractivity contribution >= 4 is 46.1 Å². The van der Waals surface area contributed by atoms with Gasteiger partial charge in [-0.3, -0.25) is 4.79 Å². The van der Waals surface area contributed by atoms with Crippen LogP contribution in [0.5, 0.6) is 0 Å². The molecule has 39 heavy (non-hydrogen) atoms. The number of fused-ring (bicyclic) bond motifs is 1. The Labute approximate surface area is 229 Å². The number of carboxylic acid groups (broad SMARTS) is 1. The van der Waals surface area contributed by atoms with E-state index in [-0.39, 0.29) is 28.3 Å². The van der Waals surface area contributed by atoms with Crippen LogP contribution < -0.4 is 26.3 Å². The first kappa shape index (κ1) is 27.1. The van der Waals surface area contributed by atoms with Crippen molar-refractivity contribution in [2.75, 3.05) is 41.7 Å². The van der Waals surface area contributed by atoms with Gasteiger partial charge in [-0.05, 0) is 63.3 Å². The van der Waals surface area contributed by atoms with E-state index < -0.39 is 17.2 Å². The van der Waals surface area contributed by atoms with E-state index in [0.717, 1.165) is 25.9 Å². The van der Waals surface area contributed by atoms with Crippen molar-refractivity contribution in [1.29, 1.82) is 0 Å². The molecule has 3 heterocycles. The molecule has 0 unspecified atom stereocenters. The van der Waals surface area contributed by atoms with Gasteiger partial charge in [0.25, 0.3) is 0 Å². The topological polar surface area (TPSA) is 137 Å². The molecule has 2 aromatic heterocycles. The van der Waals surface area contributed by atoms with Crippen molar-refractivity contribution in [3.8, 4) is 0 Å². The second-order valence-corrected chi connectivity index (χ2v) is 10.7. The number of nitrogens with one attached hydrogen (secondary N) is 3. The molecule has 0 bridgehead atoms. The fraction of sp³-hybridized carbons (Fsp3) is 0.500. The fourth-order valence-corrected chi connectivity index (χ4v) is 4.62. The Morgan fingerprint density at radius 1 is 1.13 bits per heavy atom. The summed E-state index contributed by atoms with van der Waals surface area (Å²) >= 11 is 5.80. The van der Waals surface area contributed by atoms with Gasteiger partial charge in [0.2, 0.25) is 22.6 Å². The second-order valence-electron chi connectivity index (χ2n) is 10.3. The summed E-state index contributed by atoms with van der Waals surface area (Å²) in [6, 6.07) is 3.86. The summed E-state index contributed by atoms with van der Waals surface area (Å²) in [7, 11) is 0. The average molecular weight is 559 g/mol. The van der Waals surface area contributed by atoms with Gasteiger partial charge < -0.3 is 30.5 Å². The zero-order valence-electron chi connectivity index (χ0n) is 21.9. The lowest BCUT2D eigenvalue weighted by molar-refractivity contribution is 0.0695. The van der Waals surface area contributed by atoms with Gasteiger partial charge in [-0.1, -0.05) is 0 Å². The van der Waals surface area contributed by atoms with E-state index >= 15 is 0 Å². The van der Waals surface area contributed by atoms with Crippen LogP contribution in [-0.2, 0) is 0 Å². The lowest BCUT2D eigenvalue weighted by atomic mass is 10.1. The monoisotopic (exact) mass is 558 g/mol. The van der Waals surface area contributed by atoms with Crippen LogP contribution in [0, 0.1) is 5.82 Å². The predicted molar refractivity (Wildman–Crippen MR) is 149 cm³/mol. The number of aromatic nitrogens is 4. The third-order valence-electron chi connectivity index (χ3n) is 6.67. The molecule has 4 N–H and O–H groups in total. The van der Waals surface area contributed by atoms with Crippen LogP contribution in [0.3, 0.4) is 0 Å². The molecule has 0 spiro atoms. The number of pyridine rings is 1. The molecule has 0 atom stereocenters. The van der Waals surface area contributed by atoms with Crippen molar-refractivity contribution in [2.24, 2.45) is 0 Å². The molecule has 3 fully saturated rings. The molecule has 1 saturated heterocycles. The van der Waals surface area contributed by atoms with E-state index in [2.05, 4.69) is 30.9 Å². The fourth-order valence-electron chi connectivity index (χ4n) is 4.46. The van der Waals surface area contributed by atoms with Crippen LogP contribution in [0.1, 0.15) is 55.9 Å². The second kappa shape index (κ2) is 11.3. The maximum atomic E-state index is 14.6.